The molecule has 0 bridgehead atoms. The van der Waals surface area contributed by atoms with Gasteiger partial charge in [0.05, 0.1) is 12.9 Å². The maximum absolute atomic E-state index is 11.2. The first kappa shape index (κ1) is 10.5. The van der Waals surface area contributed by atoms with Crippen molar-refractivity contribution < 1.29 is 9.53 Å². The van der Waals surface area contributed by atoms with Crippen LogP contribution in [0.3, 0.4) is 0 Å². The molecule has 2 rings (SSSR count). The molecule has 0 N–H and O–H groups in total. The zero-order valence-electron chi connectivity index (χ0n) is 9.62. The lowest BCUT2D eigenvalue weighted by atomic mass is 9.90. The third-order valence-electron chi connectivity index (χ3n) is 3.51. The van der Waals surface area contributed by atoms with Gasteiger partial charge in [0.25, 0.3) is 0 Å². The predicted molar refractivity (Wildman–Crippen MR) is 59.2 cm³/mol. The van der Waals surface area contributed by atoms with Gasteiger partial charge in [0, 0.05) is 11.8 Å². The first-order valence-corrected chi connectivity index (χ1v) is 5.58. The lowest BCUT2D eigenvalue weighted by Crippen LogP contribution is -2.09. The summed E-state index contributed by atoms with van der Waals surface area (Å²) >= 11 is 0. The number of ketones is 1. The smallest absolute Gasteiger partial charge is 0.133 e. The SMILES string of the molecule is COC1=CC=C(C2CC2C(C)=O)CC1C. The molecule has 0 aromatic carbocycles. The van der Waals surface area contributed by atoms with Gasteiger partial charge in [0.2, 0.25) is 0 Å². The van der Waals surface area contributed by atoms with Crippen LogP contribution in [0.2, 0.25) is 0 Å². The van der Waals surface area contributed by atoms with Gasteiger partial charge in [-0.1, -0.05) is 18.6 Å². The summed E-state index contributed by atoms with van der Waals surface area (Å²) in [6.45, 7) is 3.88. The summed E-state index contributed by atoms with van der Waals surface area (Å²) in [7, 11) is 1.72. The zero-order chi connectivity index (χ0) is 11.0. The minimum absolute atomic E-state index is 0.306. The van der Waals surface area contributed by atoms with Crippen LogP contribution in [0.15, 0.2) is 23.5 Å². The van der Waals surface area contributed by atoms with Crippen molar-refractivity contribution in [1.82, 2.24) is 0 Å². The van der Waals surface area contributed by atoms with Gasteiger partial charge in [-0.15, -0.1) is 0 Å². The number of carbonyl (C=O) groups excluding carboxylic acids is 1. The molecule has 3 atom stereocenters. The number of hydrogen-bond acceptors (Lipinski definition) is 2. The van der Waals surface area contributed by atoms with Crippen LogP contribution in [-0.2, 0) is 9.53 Å². The standard InChI is InChI=1S/C13H18O2/c1-8-6-10(4-5-13(8)15-3)12-7-11(12)9(2)14/h4-5,8,11-12H,6-7H2,1-3H3. The van der Waals surface area contributed by atoms with E-state index in [2.05, 4.69) is 19.1 Å². The van der Waals surface area contributed by atoms with Gasteiger partial charge in [-0.3, -0.25) is 4.79 Å². The molecule has 0 amide bonds. The van der Waals surface area contributed by atoms with E-state index < -0.39 is 0 Å². The second kappa shape index (κ2) is 3.84. The molecule has 0 radical (unpaired) electrons. The fraction of sp³-hybridized carbons (Fsp3) is 0.615. The Hall–Kier alpha value is -1.05. The van der Waals surface area contributed by atoms with E-state index in [-0.39, 0.29) is 0 Å². The van der Waals surface area contributed by atoms with Crippen molar-refractivity contribution in [3.63, 3.8) is 0 Å². The Balaban J connectivity index is 2.05. The Kier molecular flexibility index (Phi) is 2.68. The van der Waals surface area contributed by atoms with Crippen LogP contribution < -0.4 is 0 Å². The molecule has 3 unspecified atom stereocenters. The molecule has 1 saturated carbocycles. The minimum Gasteiger partial charge on any atom is -0.501 e. The van der Waals surface area contributed by atoms with E-state index in [4.69, 9.17) is 4.74 Å². The van der Waals surface area contributed by atoms with Crippen LogP contribution in [0.4, 0.5) is 0 Å². The van der Waals surface area contributed by atoms with Crippen LogP contribution >= 0.6 is 0 Å². The van der Waals surface area contributed by atoms with Crippen LogP contribution in [0.25, 0.3) is 0 Å². The highest BCUT2D eigenvalue weighted by Gasteiger charge is 2.43. The molecule has 0 spiro atoms. The van der Waals surface area contributed by atoms with Crippen molar-refractivity contribution in [2.24, 2.45) is 17.8 Å². The van der Waals surface area contributed by atoms with Crippen molar-refractivity contribution in [3.05, 3.63) is 23.5 Å². The van der Waals surface area contributed by atoms with Crippen LogP contribution in [0.1, 0.15) is 26.7 Å². The van der Waals surface area contributed by atoms with Gasteiger partial charge < -0.3 is 4.74 Å². The summed E-state index contributed by atoms with van der Waals surface area (Å²) in [6.07, 6.45) is 6.31. The van der Waals surface area contributed by atoms with Crippen molar-refractivity contribution in [2.75, 3.05) is 7.11 Å². The highest BCUT2D eigenvalue weighted by Crippen LogP contribution is 2.48. The van der Waals surface area contributed by atoms with E-state index in [1.165, 1.54) is 5.57 Å². The second-order valence-electron chi connectivity index (χ2n) is 4.68. The number of hydrogen-bond donors (Lipinski definition) is 0. The third-order valence-corrected chi connectivity index (χ3v) is 3.51. The number of methoxy groups -OCH3 is 1. The molecule has 0 aromatic heterocycles. The molecule has 0 aromatic rings. The number of carbonyl (C=O) groups is 1. The lowest BCUT2D eigenvalue weighted by molar-refractivity contribution is -0.118. The van der Waals surface area contributed by atoms with Gasteiger partial charge in [-0.2, -0.15) is 0 Å². The highest BCUT2D eigenvalue weighted by atomic mass is 16.5. The summed E-state index contributed by atoms with van der Waals surface area (Å²) in [4.78, 5) is 11.2. The number of rotatable bonds is 3. The molecule has 2 nitrogen and oxygen atoms in total. The van der Waals surface area contributed by atoms with Crippen molar-refractivity contribution >= 4 is 5.78 Å². The summed E-state index contributed by atoms with van der Waals surface area (Å²) in [6, 6.07) is 0. The van der Waals surface area contributed by atoms with Gasteiger partial charge in [0.1, 0.15) is 5.78 Å². The van der Waals surface area contributed by atoms with Gasteiger partial charge in [0.15, 0.2) is 0 Å². The molecule has 15 heavy (non-hydrogen) atoms. The first-order chi connectivity index (χ1) is 7.13. The van der Waals surface area contributed by atoms with Crippen molar-refractivity contribution in [1.29, 1.82) is 0 Å². The Morgan fingerprint density at radius 1 is 1.47 bits per heavy atom. The van der Waals surface area contributed by atoms with E-state index in [0.717, 1.165) is 18.6 Å². The maximum atomic E-state index is 11.2. The minimum atomic E-state index is 0.306. The third kappa shape index (κ3) is 1.99. The Morgan fingerprint density at radius 2 is 2.20 bits per heavy atom. The Morgan fingerprint density at radius 3 is 2.67 bits per heavy atom. The number of ether oxygens (including phenoxy) is 1. The zero-order valence-corrected chi connectivity index (χ0v) is 9.62. The number of Topliss-reactive ketones (excluding diaryl/α,β-unsaturated/α-hetero) is 1. The summed E-state index contributed by atoms with van der Waals surface area (Å²) in [5, 5.41) is 0. The van der Waals surface area contributed by atoms with E-state index in [9.17, 15) is 4.79 Å². The molecule has 0 heterocycles. The summed E-state index contributed by atoms with van der Waals surface area (Å²) in [5.74, 6) is 2.69. The van der Waals surface area contributed by atoms with Crippen molar-refractivity contribution in [2.45, 2.75) is 26.7 Å². The summed E-state index contributed by atoms with van der Waals surface area (Å²) in [5.41, 5.74) is 1.43. The van der Waals surface area contributed by atoms with E-state index in [1.54, 1.807) is 14.0 Å². The molecule has 1 fully saturated rings. The molecule has 2 aliphatic rings. The first-order valence-electron chi connectivity index (χ1n) is 5.58. The van der Waals surface area contributed by atoms with Gasteiger partial charge in [-0.05, 0) is 31.8 Å². The van der Waals surface area contributed by atoms with Crippen LogP contribution in [-0.4, -0.2) is 12.9 Å². The Labute approximate surface area is 91.0 Å². The van der Waals surface area contributed by atoms with E-state index in [0.29, 0.717) is 23.5 Å². The quantitative estimate of drug-likeness (QED) is 0.709. The maximum Gasteiger partial charge on any atom is 0.133 e. The molecule has 0 saturated heterocycles. The van der Waals surface area contributed by atoms with E-state index in [1.807, 2.05) is 0 Å². The molecule has 2 heteroatoms. The fourth-order valence-corrected chi connectivity index (χ4v) is 2.47. The monoisotopic (exact) mass is 206 g/mol. The van der Waals surface area contributed by atoms with Gasteiger partial charge in [-0.25, -0.2) is 0 Å². The molecule has 0 aliphatic heterocycles. The molecule has 2 aliphatic carbocycles. The van der Waals surface area contributed by atoms with Crippen molar-refractivity contribution in [3.8, 4) is 0 Å². The van der Waals surface area contributed by atoms with Crippen LogP contribution in [0, 0.1) is 17.8 Å². The Bertz CT molecular complexity index is 338. The molecular weight excluding hydrogens is 188 g/mol. The average molecular weight is 206 g/mol. The van der Waals surface area contributed by atoms with Gasteiger partial charge >= 0.3 is 0 Å². The lowest BCUT2D eigenvalue weighted by Gasteiger charge is -2.20. The van der Waals surface area contributed by atoms with Crippen LogP contribution in [0.5, 0.6) is 0 Å². The normalized spacial score (nSPS) is 34.2. The molecule has 82 valence electrons. The second-order valence-corrected chi connectivity index (χ2v) is 4.68. The predicted octanol–water partition coefficient (Wildman–Crippen LogP) is 2.71. The average Bonchev–Trinajstić information content (AvgIpc) is 2.97. The summed E-state index contributed by atoms with van der Waals surface area (Å²) < 4.78 is 5.28. The topological polar surface area (TPSA) is 26.3 Å². The molecular formula is C13H18O2. The highest BCUT2D eigenvalue weighted by molar-refractivity contribution is 5.82. The number of allylic oxidation sites excluding steroid dienone is 4. The fourth-order valence-electron chi connectivity index (χ4n) is 2.47. The van der Waals surface area contributed by atoms with E-state index >= 15 is 0 Å². The largest absolute Gasteiger partial charge is 0.501 e.